The quantitative estimate of drug-likeness (QED) is 0.488. The van der Waals surface area contributed by atoms with Gasteiger partial charge in [-0.1, -0.05) is 0 Å². The van der Waals surface area contributed by atoms with Crippen molar-refractivity contribution < 1.29 is 48.4 Å². The van der Waals surface area contributed by atoms with Crippen molar-refractivity contribution in [2.75, 3.05) is 27.2 Å². The first-order valence-corrected chi connectivity index (χ1v) is 5.57. The van der Waals surface area contributed by atoms with Crippen LogP contribution < -0.4 is 0 Å². The average Bonchev–Trinajstić information content (AvgIpc) is 2.26. The van der Waals surface area contributed by atoms with Crippen molar-refractivity contribution in [2.45, 2.75) is 37.0 Å². The van der Waals surface area contributed by atoms with E-state index < -0.39 is 41.1 Å². The van der Waals surface area contributed by atoms with Gasteiger partial charge in [0.25, 0.3) is 0 Å². The molecule has 0 aromatic rings. The number of hydrogen-bond donors (Lipinski definition) is 0. The number of nitrogens with zero attached hydrogens (tertiary/aromatic N) is 1. The maximum absolute atomic E-state index is 13.3. The van der Waals surface area contributed by atoms with Gasteiger partial charge in [-0.2, -0.15) is 35.1 Å². The molecule has 1 nitrogen and oxygen atoms in total. The van der Waals surface area contributed by atoms with E-state index in [1.165, 1.54) is 6.92 Å². The van der Waals surface area contributed by atoms with E-state index in [4.69, 9.17) is 0 Å². The van der Waals surface area contributed by atoms with Crippen LogP contribution in [0.25, 0.3) is 0 Å². The summed E-state index contributed by atoms with van der Waals surface area (Å²) in [6.45, 7) is -0.867. The highest BCUT2D eigenvalue weighted by Gasteiger charge is 2.83. The van der Waals surface area contributed by atoms with Gasteiger partial charge in [0.15, 0.2) is 0 Å². The van der Waals surface area contributed by atoms with Crippen LogP contribution in [0.5, 0.6) is 0 Å². The lowest BCUT2D eigenvalue weighted by Crippen LogP contribution is -2.67. The molecule has 128 valence electrons. The minimum absolute atomic E-state index is 0.206. The van der Waals surface area contributed by atoms with Gasteiger partial charge in [-0.05, 0) is 6.92 Å². The van der Waals surface area contributed by atoms with Crippen molar-refractivity contribution in [3.63, 3.8) is 0 Å². The highest BCUT2D eigenvalue weighted by molar-refractivity contribution is 5.04. The molecule has 11 heteroatoms. The van der Waals surface area contributed by atoms with Crippen molar-refractivity contribution in [3.05, 3.63) is 0 Å². The van der Waals surface area contributed by atoms with Crippen LogP contribution in [0.15, 0.2) is 0 Å². The Kier molecular flexibility index (Phi) is 5.28. The lowest BCUT2D eigenvalue weighted by Gasteiger charge is -2.39. The molecule has 0 unspecified atom stereocenters. The van der Waals surface area contributed by atoms with E-state index in [2.05, 4.69) is 0 Å². The smallest absolute Gasteiger partial charge is 0.324 e. The SMILES string of the molecule is CC[N+](C)(C)CC(F)(F)C(F)(F)C(F)(F)C(F)(F)C(F)F. The molecular formula is C10H14F10N+. The number of rotatable bonds is 7. The zero-order valence-electron chi connectivity index (χ0n) is 11.2. The summed E-state index contributed by atoms with van der Waals surface area (Å²) in [5.74, 6) is -25.8. The molecule has 0 rings (SSSR count). The number of halogens is 10. The van der Waals surface area contributed by atoms with Gasteiger partial charge in [-0.3, -0.25) is 0 Å². The summed E-state index contributed by atoms with van der Waals surface area (Å²) >= 11 is 0. The van der Waals surface area contributed by atoms with Crippen molar-refractivity contribution in [2.24, 2.45) is 0 Å². The summed E-state index contributed by atoms with van der Waals surface area (Å²) in [4.78, 5) is 0. The second-order valence-electron chi connectivity index (χ2n) is 5.19. The Bertz CT molecular complexity index is 363. The average molecular weight is 338 g/mol. The van der Waals surface area contributed by atoms with Crippen molar-refractivity contribution in [1.29, 1.82) is 0 Å². The Balaban J connectivity index is 5.74. The summed E-state index contributed by atoms with van der Waals surface area (Å²) < 4.78 is 127. The molecule has 0 heterocycles. The van der Waals surface area contributed by atoms with Gasteiger partial charge in [-0.25, -0.2) is 8.78 Å². The molecular weight excluding hydrogens is 324 g/mol. The van der Waals surface area contributed by atoms with E-state index in [9.17, 15) is 43.9 Å². The Morgan fingerprint density at radius 1 is 0.810 bits per heavy atom. The van der Waals surface area contributed by atoms with Crippen LogP contribution in [0, 0.1) is 0 Å². The normalized spacial score (nSPS) is 15.7. The summed E-state index contributed by atoms with van der Waals surface area (Å²) in [7, 11) is 1.93. The standard InChI is InChI=1S/C10H14F10N/c1-4-21(2,3)5-7(13,14)9(17,18)10(19,20)8(15,16)6(11)12/h6H,4-5H2,1-3H3/q+1. The minimum atomic E-state index is -6.91. The topological polar surface area (TPSA) is 0 Å². The van der Waals surface area contributed by atoms with Crippen LogP contribution in [0.1, 0.15) is 6.92 Å². The fourth-order valence-electron chi connectivity index (χ4n) is 1.32. The van der Waals surface area contributed by atoms with Gasteiger partial charge in [0.1, 0.15) is 6.54 Å². The molecule has 0 spiro atoms. The third kappa shape index (κ3) is 3.37. The molecule has 0 saturated carbocycles. The molecule has 0 amide bonds. The summed E-state index contributed by atoms with van der Waals surface area (Å²) in [6, 6.07) is 0. The largest absolute Gasteiger partial charge is 0.384 e. The number of quaternary nitrogens is 1. The van der Waals surface area contributed by atoms with Crippen molar-refractivity contribution in [3.8, 4) is 0 Å². The Labute approximate surface area is 114 Å². The fourth-order valence-corrected chi connectivity index (χ4v) is 1.32. The van der Waals surface area contributed by atoms with Gasteiger partial charge >= 0.3 is 30.1 Å². The van der Waals surface area contributed by atoms with E-state index >= 15 is 0 Å². The van der Waals surface area contributed by atoms with Gasteiger partial charge < -0.3 is 4.48 Å². The van der Waals surface area contributed by atoms with E-state index in [0.717, 1.165) is 14.1 Å². The summed E-state index contributed by atoms with van der Waals surface area (Å²) in [5, 5.41) is 0. The van der Waals surface area contributed by atoms with E-state index in [1.54, 1.807) is 0 Å². The predicted octanol–water partition coefficient (Wildman–Crippen LogP) is 3.89. The zero-order chi connectivity index (χ0) is 17.5. The minimum Gasteiger partial charge on any atom is -0.324 e. The van der Waals surface area contributed by atoms with E-state index in [0.29, 0.717) is 0 Å². The van der Waals surface area contributed by atoms with Gasteiger partial charge in [-0.15, -0.1) is 0 Å². The monoisotopic (exact) mass is 338 g/mol. The highest BCUT2D eigenvalue weighted by atomic mass is 19.4. The van der Waals surface area contributed by atoms with Gasteiger partial charge in [0, 0.05) is 0 Å². The molecule has 0 atom stereocenters. The predicted molar refractivity (Wildman–Crippen MR) is 53.3 cm³/mol. The number of alkyl halides is 10. The van der Waals surface area contributed by atoms with Crippen LogP contribution in [0.3, 0.4) is 0 Å². The maximum Gasteiger partial charge on any atom is 0.384 e. The fraction of sp³-hybridized carbons (Fsp3) is 1.00. The lowest BCUT2D eigenvalue weighted by atomic mass is 9.98. The first-order chi connectivity index (χ1) is 8.96. The molecule has 0 radical (unpaired) electrons. The molecule has 0 N–H and O–H groups in total. The van der Waals surface area contributed by atoms with Gasteiger partial charge in [0.05, 0.1) is 20.6 Å². The van der Waals surface area contributed by atoms with Crippen LogP contribution >= 0.6 is 0 Å². The zero-order valence-corrected chi connectivity index (χ0v) is 11.2. The molecule has 21 heavy (non-hydrogen) atoms. The molecule has 0 fully saturated rings. The lowest BCUT2D eigenvalue weighted by molar-refractivity contribution is -0.898. The molecule has 0 aromatic heterocycles. The Hall–Kier alpha value is -0.740. The number of hydrogen-bond acceptors (Lipinski definition) is 0. The third-order valence-electron chi connectivity index (χ3n) is 3.03. The van der Waals surface area contributed by atoms with Crippen LogP contribution in [-0.2, 0) is 0 Å². The molecule has 0 aliphatic heterocycles. The molecule has 0 aromatic carbocycles. The first kappa shape index (κ1) is 20.3. The second kappa shape index (κ2) is 5.47. The molecule has 0 aliphatic carbocycles. The third-order valence-corrected chi connectivity index (χ3v) is 3.03. The van der Waals surface area contributed by atoms with Crippen LogP contribution in [0.4, 0.5) is 43.9 Å². The second-order valence-corrected chi connectivity index (χ2v) is 5.19. The van der Waals surface area contributed by atoms with E-state index in [1.807, 2.05) is 0 Å². The maximum atomic E-state index is 13.3. The molecule has 0 bridgehead atoms. The molecule has 0 aliphatic rings. The molecule has 0 saturated heterocycles. The Morgan fingerprint density at radius 2 is 1.19 bits per heavy atom. The van der Waals surface area contributed by atoms with Crippen LogP contribution in [0.2, 0.25) is 0 Å². The summed E-state index contributed by atoms with van der Waals surface area (Å²) in [5.41, 5.74) is 0. The van der Waals surface area contributed by atoms with Crippen molar-refractivity contribution in [1.82, 2.24) is 0 Å². The highest BCUT2D eigenvalue weighted by Crippen LogP contribution is 2.54. The Morgan fingerprint density at radius 3 is 1.48 bits per heavy atom. The van der Waals surface area contributed by atoms with Gasteiger partial charge in [0.2, 0.25) is 0 Å². The van der Waals surface area contributed by atoms with Crippen LogP contribution in [-0.4, -0.2) is 61.8 Å². The first-order valence-electron chi connectivity index (χ1n) is 5.57. The summed E-state index contributed by atoms with van der Waals surface area (Å²) in [6.07, 6.45) is -5.22. The van der Waals surface area contributed by atoms with Crippen molar-refractivity contribution >= 4 is 0 Å². The van der Waals surface area contributed by atoms with E-state index in [-0.39, 0.29) is 6.54 Å².